The molecule has 2 N–H and O–H groups in total. The lowest BCUT2D eigenvalue weighted by atomic mass is 10.2. The van der Waals surface area contributed by atoms with Crippen molar-refractivity contribution in [2.75, 3.05) is 34.2 Å². The molecule has 0 saturated heterocycles. The summed E-state index contributed by atoms with van der Waals surface area (Å²) in [5, 5.41) is 11.2. The zero-order valence-electron chi connectivity index (χ0n) is 11.1. The Morgan fingerprint density at radius 3 is 2.39 bits per heavy atom. The highest BCUT2D eigenvalue weighted by molar-refractivity contribution is 5.82. The molecule has 18 heavy (non-hydrogen) atoms. The lowest BCUT2D eigenvalue weighted by molar-refractivity contribution is -0.139. The van der Waals surface area contributed by atoms with Crippen LogP contribution < -0.4 is 5.32 Å². The molecule has 0 aromatic rings. The molecule has 0 aliphatic rings. The van der Waals surface area contributed by atoms with Crippen molar-refractivity contribution in [3.05, 3.63) is 0 Å². The molecule has 0 saturated carbocycles. The quantitative estimate of drug-likeness (QED) is 0.631. The Labute approximate surface area is 108 Å². The van der Waals surface area contributed by atoms with Crippen LogP contribution in [0.25, 0.3) is 0 Å². The van der Waals surface area contributed by atoms with E-state index >= 15 is 0 Å². The van der Waals surface area contributed by atoms with E-state index in [1.165, 1.54) is 4.90 Å². The summed E-state index contributed by atoms with van der Waals surface area (Å²) in [5.74, 6) is 1.11. The molecule has 0 bridgehead atoms. The lowest BCUT2D eigenvalue weighted by Gasteiger charge is -2.21. The monoisotopic (exact) mass is 255 g/mol. The zero-order valence-corrected chi connectivity index (χ0v) is 11.1. The minimum absolute atomic E-state index is 0.0212. The van der Waals surface area contributed by atoms with Crippen LogP contribution >= 0.6 is 0 Å². The van der Waals surface area contributed by atoms with E-state index < -0.39 is 18.0 Å². The van der Waals surface area contributed by atoms with Crippen molar-refractivity contribution in [2.24, 2.45) is 0 Å². The van der Waals surface area contributed by atoms with Gasteiger partial charge in [0.25, 0.3) is 0 Å². The predicted molar refractivity (Wildman–Crippen MR) is 69.2 cm³/mol. The fraction of sp³-hybridized carbons (Fsp3) is 0.667. The van der Waals surface area contributed by atoms with Crippen molar-refractivity contribution in [3.8, 4) is 12.3 Å². The van der Waals surface area contributed by atoms with Crippen LogP contribution in [0.3, 0.4) is 0 Å². The Balaban J connectivity index is 4.13. The van der Waals surface area contributed by atoms with Gasteiger partial charge in [0.05, 0.1) is 0 Å². The zero-order chi connectivity index (χ0) is 14.1. The SMILES string of the molecule is C#CCC(NC(=O)N(C)CCCN(C)C)C(=O)O. The van der Waals surface area contributed by atoms with Crippen LogP contribution in [-0.4, -0.2) is 67.2 Å². The predicted octanol–water partition coefficient (Wildman–Crippen LogP) is 0.0560. The van der Waals surface area contributed by atoms with Crippen molar-refractivity contribution in [2.45, 2.75) is 18.9 Å². The Bertz CT molecular complexity index is 323. The third kappa shape index (κ3) is 6.76. The summed E-state index contributed by atoms with van der Waals surface area (Å²) in [6, 6.07) is -1.45. The first-order valence-corrected chi connectivity index (χ1v) is 5.71. The number of hydrogen-bond donors (Lipinski definition) is 2. The Morgan fingerprint density at radius 1 is 1.33 bits per heavy atom. The van der Waals surface area contributed by atoms with Gasteiger partial charge in [-0.05, 0) is 27.1 Å². The molecule has 0 spiro atoms. The number of nitrogens with zero attached hydrogens (tertiary/aromatic N) is 2. The number of nitrogens with one attached hydrogen (secondary N) is 1. The molecule has 0 aromatic heterocycles. The van der Waals surface area contributed by atoms with Crippen LogP contribution in [0.15, 0.2) is 0 Å². The molecule has 0 radical (unpaired) electrons. The first-order valence-electron chi connectivity index (χ1n) is 5.71. The molecule has 0 aliphatic carbocycles. The van der Waals surface area contributed by atoms with Crippen molar-refractivity contribution < 1.29 is 14.7 Å². The number of hydrogen-bond acceptors (Lipinski definition) is 3. The van der Waals surface area contributed by atoms with Gasteiger partial charge in [-0.1, -0.05) is 0 Å². The first kappa shape index (κ1) is 16.3. The molecule has 102 valence electrons. The maximum absolute atomic E-state index is 11.7. The van der Waals surface area contributed by atoms with Gasteiger partial charge in [0, 0.05) is 20.0 Å². The van der Waals surface area contributed by atoms with Gasteiger partial charge in [-0.3, -0.25) is 0 Å². The lowest BCUT2D eigenvalue weighted by Crippen LogP contribution is -2.47. The van der Waals surface area contributed by atoms with Gasteiger partial charge in [0.1, 0.15) is 6.04 Å². The molecule has 1 unspecified atom stereocenters. The standard InChI is InChI=1S/C12H21N3O3/c1-5-7-10(11(16)17)13-12(18)15(4)9-6-8-14(2)3/h1,10H,6-9H2,2-4H3,(H,13,18)(H,16,17). The molecular weight excluding hydrogens is 234 g/mol. The van der Waals surface area contributed by atoms with Gasteiger partial charge in [-0.15, -0.1) is 12.3 Å². The van der Waals surface area contributed by atoms with Crippen molar-refractivity contribution in [1.29, 1.82) is 0 Å². The molecule has 0 aliphatic heterocycles. The first-order chi connectivity index (χ1) is 8.38. The van der Waals surface area contributed by atoms with E-state index in [-0.39, 0.29) is 6.42 Å². The Hall–Kier alpha value is -1.74. The number of rotatable bonds is 7. The summed E-state index contributed by atoms with van der Waals surface area (Å²) >= 11 is 0. The summed E-state index contributed by atoms with van der Waals surface area (Å²) in [6.45, 7) is 1.43. The summed E-state index contributed by atoms with van der Waals surface area (Å²) in [5.41, 5.74) is 0. The molecule has 0 fully saturated rings. The molecule has 6 nitrogen and oxygen atoms in total. The minimum Gasteiger partial charge on any atom is -0.480 e. The molecule has 0 rings (SSSR count). The van der Waals surface area contributed by atoms with Gasteiger partial charge >= 0.3 is 12.0 Å². The average molecular weight is 255 g/mol. The van der Waals surface area contributed by atoms with Crippen LogP contribution in [0.4, 0.5) is 4.79 Å². The number of terminal acetylenes is 1. The highest BCUT2D eigenvalue weighted by atomic mass is 16.4. The second-order valence-corrected chi connectivity index (χ2v) is 4.33. The maximum atomic E-state index is 11.7. The molecule has 6 heteroatoms. The largest absolute Gasteiger partial charge is 0.480 e. The molecule has 0 aromatic carbocycles. The summed E-state index contributed by atoms with van der Waals surface area (Å²) in [4.78, 5) is 26.0. The summed E-state index contributed by atoms with van der Waals surface area (Å²) in [6.07, 6.45) is 5.85. The number of urea groups is 1. The van der Waals surface area contributed by atoms with Crippen LogP contribution in [0, 0.1) is 12.3 Å². The fourth-order valence-corrected chi connectivity index (χ4v) is 1.30. The average Bonchev–Trinajstić information content (AvgIpc) is 2.27. The Morgan fingerprint density at radius 2 is 1.94 bits per heavy atom. The molecular formula is C12H21N3O3. The third-order valence-corrected chi connectivity index (χ3v) is 2.36. The normalized spacial score (nSPS) is 11.7. The second-order valence-electron chi connectivity index (χ2n) is 4.33. The summed E-state index contributed by atoms with van der Waals surface area (Å²) in [7, 11) is 5.53. The molecule has 1 atom stereocenters. The minimum atomic E-state index is -1.12. The van der Waals surface area contributed by atoms with Gasteiger partial charge < -0.3 is 20.2 Å². The summed E-state index contributed by atoms with van der Waals surface area (Å²) < 4.78 is 0. The number of carbonyl (C=O) groups is 2. The van der Waals surface area contributed by atoms with Crippen LogP contribution in [0.2, 0.25) is 0 Å². The topological polar surface area (TPSA) is 72.9 Å². The fourth-order valence-electron chi connectivity index (χ4n) is 1.30. The van der Waals surface area contributed by atoms with E-state index in [2.05, 4.69) is 11.2 Å². The smallest absolute Gasteiger partial charge is 0.327 e. The van der Waals surface area contributed by atoms with E-state index in [0.717, 1.165) is 13.0 Å². The molecule has 0 heterocycles. The van der Waals surface area contributed by atoms with E-state index in [1.807, 2.05) is 19.0 Å². The van der Waals surface area contributed by atoms with Crippen molar-refractivity contribution in [1.82, 2.24) is 15.1 Å². The number of carbonyl (C=O) groups excluding carboxylic acids is 1. The van der Waals surface area contributed by atoms with E-state index in [0.29, 0.717) is 6.54 Å². The highest BCUT2D eigenvalue weighted by Crippen LogP contribution is 1.95. The van der Waals surface area contributed by atoms with E-state index in [1.54, 1.807) is 7.05 Å². The van der Waals surface area contributed by atoms with Gasteiger partial charge in [-0.2, -0.15) is 0 Å². The van der Waals surface area contributed by atoms with E-state index in [4.69, 9.17) is 11.5 Å². The number of amides is 2. The second kappa shape index (κ2) is 8.37. The maximum Gasteiger partial charge on any atom is 0.327 e. The van der Waals surface area contributed by atoms with Crippen LogP contribution in [0.1, 0.15) is 12.8 Å². The van der Waals surface area contributed by atoms with E-state index in [9.17, 15) is 9.59 Å². The highest BCUT2D eigenvalue weighted by Gasteiger charge is 2.20. The molecule has 2 amide bonds. The van der Waals surface area contributed by atoms with Crippen LogP contribution in [-0.2, 0) is 4.79 Å². The van der Waals surface area contributed by atoms with Gasteiger partial charge in [0.15, 0.2) is 0 Å². The van der Waals surface area contributed by atoms with Crippen molar-refractivity contribution in [3.63, 3.8) is 0 Å². The number of carboxylic acid groups (broad SMARTS) is 1. The Kier molecular flexibility index (Phi) is 7.56. The van der Waals surface area contributed by atoms with Gasteiger partial charge in [-0.25, -0.2) is 9.59 Å². The third-order valence-electron chi connectivity index (χ3n) is 2.36. The van der Waals surface area contributed by atoms with Crippen molar-refractivity contribution >= 4 is 12.0 Å². The number of aliphatic carboxylic acids is 1. The number of carboxylic acids is 1. The van der Waals surface area contributed by atoms with Gasteiger partial charge in [0.2, 0.25) is 0 Å². The van der Waals surface area contributed by atoms with Crippen LogP contribution in [0.5, 0.6) is 0 Å².